The van der Waals surface area contributed by atoms with Gasteiger partial charge in [0.15, 0.2) is 9.84 Å². The van der Waals surface area contributed by atoms with E-state index in [0.717, 1.165) is 6.26 Å². The summed E-state index contributed by atoms with van der Waals surface area (Å²) in [5, 5.41) is 9.71. The van der Waals surface area contributed by atoms with Crippen molar-refractivity contribution in [2.45, 2.75) is 17.7 Å². The van der Waals surface area contributed by atoms with Crippen molar-refractivity contribution >= 4 is 15.7 Å². The number of carbonyl (C=O) groups is 1. The molecule has 1 amide bonds. The average molecular weight is 341 g/mol. The lowest BCUT2D eigenvalue weighted by atomic mass is 9.80. The highest BCUT2D eigenvalue weighted by molar-refractivity contribution is 7.90. The lowest BCUT2D eigenvalue weighted by Crippen LogP contribution is -2.44. The van der Waals surface area contributed by atoms with E-state index in [1.165, 1.54) is 24.3 Å². The summed E-state index contributed by atoms with van der Waals surface area (Å²) in [6.45, 7) is 1.64. The number of aliphatic hydroxyl groups excluding tert-OH is 1. The van der Waals surface area contributed by atoms with Crippen molar-refractivity contribution in [2.24, 2.45) is 5.41 Å². The molecule has 1 aliphatic heterocycles. The van der Waals surface area contributed by atoms with Crippen LogP contribution in [0.4, 0.5) is 0 Å². The normalized spacial score (nSPS) is 17.7. The molecule has 1 aliphatic rings. The van der Waals surface area contributed by atoms with E-state index in [2.05, 4.69) is 0 Å². The molecule has 0 bridgehead atoms. The Hall–Kier alpha value is -1.44. The summed E-state index contributed by atoms with van der Waals surface area (Å²) in [6.07, 6.45) is 2.56. The van der Waals surface area contributed by atoms with Crippen molar-refractivity contribution in [1.82, 2.24) is 4.90 Å². The summed E-state index contributed by atoms with van der Waals surface area (Å²) in [6, 6.07) is 5.91. The second-order valence-corrected chi connectivity index (χ2v) is 8.24. The van der Waals surface area contributed by atoms with E-state index in [1.54, 1.807) is 11.9 Å². The maximum Gasteiger partial charge on any atom is 0.253 e. The van der Waals surface area contributed by atoms with Crippen LogP contribution in [0.2, 0.25) is 0 Å². The van der Waals surface area contributed by atoms with Gasteiger partial charge >= 0.3 is 0 Å². The van der Waals surface area contributed by atoms with Gasteiger partial charge in [-0.1, -0.05) is 0 Å². The maximum absolute atomic E-state index is 12.5. The second kappa shape index (κ2) is 6.98. The summed E-state index contributed by atoms with van der Waals surface area (Å²) in [7, 11) is -1.58. The summed E-state index contributed by atoms with van der Waals surface area (Å²) in [5.74, 6) is -0.190. The molecule has 7 heteroatoms. The third-order valence-corrected chi connectivity index (χ3v) is 5.47. The molecule has 1 fully saturated rings. The van der Waals surface area contributed by atoms with Gasteiger partial charge < -0.3 is 14.7 Å². The van der Waals surface area contributed by atoms with Crippen LogP contribution in [0.1, 0.15) is 23.2 Å². The monoisotopic (exact) mass is 341 g/mol. The molecule has 0 spiro atoms. The van der Waals surface area contributed by atoms with Gasteiger partial charge in [0.1, 0.15) is 0 Å². The van der Waals surface area contributed by atoms with Gasteiger partial charge in [-0.25, -0.2) is 8.42 Å². The predicted molar refractivity (Wildman–Crippen MR) is 86.1 cm³/mol. The smallest absolute Gasteiger partial charge is 0.253 e. The quantitative estimate of drug-likeness (QED) is 0.862. The molecule has 1 heterocycles. The van der Waals surface area contributed by atoms with Gasteiger partial charge in [-0.2, -0.15) is 0 Å². The van der Waals surface area contributed by atoms with Crippen LogP contribution in [0.25, 0.3) is 0 Å². The molecule has 0 saturated carbocycles. The van der Waals surface area contributed by atoms with Crippen molar-refractivity contribution in [1.29, 1.82) is 0 Å². The summed E-state index contributed by atoms with van der Waals surface area (Å²) < 4.78 is 28.2. The molecule has 23 heavy (non-hydrogen) atoms. The topological polar surface area (TPSA) is 83.9 Å². The van der Waals surface area contributed by atoms with Gasteiger partial charge in [0.05, 0.1) is 11.5 Å². The summed E-state index contributed by atoms with van der Waals surface area (Å²) in [5.41, 5.74) is 0.107. The lowest BCUT2D eigenvalue weighted by molar-refractivity contribution is -0.0282. The number of benzene rings is 1. The standard InChI is InChI=1S/C16H23NO5S/c1-17(11-16(12-18)7-9-22-10-8-16)15(19)13-3-5-14(6-4-13)23(2,20)21/h3-6,18H,7-12H2,1-2H3. The Labute approximate surface area is 137 Å². The molecule has 1 N–H and O–H groups in total. The minimum absolute atomic E-state index is 0.0149. The first-order valence-electron chi connectivity index (χ1n) is 7.52. The number of rotatable bonds is 5. The first-order valence-corrected chi connectivity index (χ1v) is 9.41. The van der Waals surface area contributed by atoms with Crippen molar-refractivity contribution < 1.29 is 23.1 Å². The number of carbonyl (C=O) groups excluding carboxylic acids is 1. The molecule has 0 aliphatic carbocycles. The Kier molecular flexibility index (Phi) is 5.44. The Balaban J connectivity index is 2.10. The number of sulfone groups is 1. The Morgan fingerprint density at radius 2 is 1.83 bits per heavy atom. The van der Waals surface area contributed by atoms with Gasteiger partial charge in [0.2, 0.25) is 0 Å². The zero-order chi connectivity index (χ0) is 17.1. The predicted octanol–water partition coefficient (Wildman–Crippen LogP) is 0.951. The molecule has 2 rings (SSSR count). The Morgan fingerprint density at radius 3 is 2.30 bits per heavy atom. The van der Waals surface area contributed by atoms with Gasteiger partial charge in [-0.05, 0) is 37.1 Å². The molecule has 0 radical (unpaired) electrons. The number of hydrogen-bond donors (Lipinski definition) is 1. The number of aliphatic hydroxyl groups is 1. The molecule has 1 aromatic carbocycles. The van der Waals surface area contributed by atoms with Crippen LogP contribution in [-0.2, 0) is 14.6 Å². The Bertz CT molecular complexity index is 648. The van der Waals surface area contributed by atoms with Gasteiger partial charge in [-0.3, -0.25) is 4.79 Å². The molecular weight excluding hydrogens is 318 g/mol. The van der Waals surface area contributed by atoms with Crippen LogP contribution >= 0.6 is 0 Å². The molecular formula is C16H23NO5S. The van der Waals surface area contributed by atoms with Crippen LogP contribution in [0.3, 0.4) is 0 Å². The van der Waals surface area contributed by atoms with E-state index >= 15 is 0 Å². The minimum Gasteiger partial charge on any atom is -0.396 e. The van der Waals surface area contributed by atoms with E-state index in [-0.39, 0.29) is 22.8 Å². The number of ether oxygens (including phenoxy) is 1. The second-order valence-electron chi connectivity index (χ2n) is 6.23. The van der Waals surface area contributed by atoms with E-state index in [0.29, 0.717) is 38.2 Å². The number of nitrogens with zero attached hydrogens (tertiary/aromatic N) is 1. The van der Waals surface area contributed by atoms with Gasteiger partial charge in [0.25, 0.3) is 5.91 Å². The van der Waals surface area contributed by atoms with Crippen LogP contribution in [0.15, 0.2) is 29.2 Å². The third kappa shape index (κ3) is 4.31. The minimum atomic E-state index is -3.27. The highest BCUT2D eigenvalue weighted by Gasteiger charge is 2.34. The van der Waals surface area contributed by atoms with Crippen molar-refractivity contribution in [2.75, 3.05) is 39.7 Å². The van der Waals surface area contributed by atoms with Crippen LogP contribution < -0.4 is 0 Å². The summed E-state index contributed by atoms with van der Waals surface area (Å²) >= 11 is 0. The molecule has 128 valence electrons. The molecule has 0 atom stereocenters. The fourth-order valence-corrected chi connectivity index (χ4v) is 3.44. The largest absolute Gasteiger partial charge is 0.396 e. The molecule has 1 saturated heterocycles. The fourth-order valence-electron chi connectivity index (χ4n) is 2.81. The van der Waals surface area contributed by atoms with Crippen molar-refractivity contribution in [3.63, 3.8) is 0 Å². The van der Waals surface area contributed by atoms with Crippen molar-refractivity contribution in [3.05, 3.63) is 29.8 Å². The zero-order valence-corrected chi connectivity index (χ0v) is 14.3. The van der Waals surface area contributed by atoms with E-state index < -0.39 is 9.84 Å². The Morgan fingerprint density at radius 1 is 1.26 bits per heavy atom. The molecule has 0 unspecified atom stereocenters. The number of amides is 1. The highest BCUT2D eigenvalue weighted by atomic mass is 32.2. The summed E-state index contributed by atoms with van der Waals surface area (Å²) in [4.78, 5) is 14.3. The fraction of sp³-hybridized carbons (Fsp3) is 0.562. The first kappa shape index (κ1) is 17.9. The van der Waals surface area contributed by atoms with Crippen LogP contribution in [0, 0.1) is 5.41 Å². The van der Waals surface area contributed by atoms with Gasteiger partial charge in [0, 0.05) is 44.0 Å². The highest BCUT2D eigenvalue weighted by Crippen LogP contribution is 2.31. The molecule has 0 aromatic heterocycles. The van der Waals surface area contributed by atoms with E-state index in [9.17, 15) is 18.3 Å². The third-order valence-electron chi connectivity index (χ3n) is 4.34. The van der Waals surface area contributed by atoms with Crippen LogP contribution in [-0.4, -0.2) is 64.0 Å². The van der Waals surface area contributed by atoms with E-state index in [1.807, 2.05) is 0 Å². The van der Waals surface area contributed by atoms with Crippen LogP contribution in [0.5, 0.6) is 0 Å². The number of hydrogen-bond acceptors (Lipinski definition) is 5. The van der Waals surface area contributed by atoms with Gasteiger partial charge in [-0.15, -0.1) is 0 Å². The SMILES string of the molecule is CN(CC1(CO)CCOCC1)C(=O)c1ccc(S(C)(=O)=O)cc1. The lowest BCUT2D eigenvalue weighted by Gasteiger charge is -2.38. The average Bonchev–Trinajstić information content (AvgIpc) is 2.54. The molecule has 6 nitrogen and oxygen atoms in total. The first-order chi connectivity index (χ1) is 10.8. The zero-order valence-electron chi connectivity index (χ0n) is 13.5. The maximum atomic E-state index is 12.5. The van der Waals surface area contributed by atoms with E-state index in [4.69, 9.17) is 4.74 Å². The van der Waals surface area contributed by atoms with Crippen molar-refractivity contribution in [3.8, 4) is 0 Å². The molecule has 1 aromatic rings.